The molecular formula is C14H18N2O2. The molecule has 96 valence electrons. The van der Waals surface area contributed by atoms with Crippen molar-refractivity contribution in [2.45, 2.75) is 19.4 Å². The first kappa shape index (κ1) is 12.6. The minimum Gasteiger partial charge on any atom is -0.378 e. The summed E-state index contributed by atoms with van der Waals surface area (Å²) in [5, 5.41) is 12.3. The molecule has 1 aromatic carbocycles. The van der Waals surface area contributed by atoms with Gasteiger partial charge in [0.2, 0.25) is 0 Å². The first-order valence-corrected chi connectivity index (χ1v) is 6.16. The first-order valence-electron chi connectivity index (χ1n) is 6.16. The molecule has 1 aliphatic heterocycles. The Morgan fingerprint density at radius 3 is 3.00 bits per heavy atom. The van der Waals surface area contributed by atoms with E-state index in [1.807, 2.05) is 18.2 Å². The van der Waals surface area contributed by atoms with Crippen molar-refractivity contribution in [1.29, 1.82) is 0 Å². The van der Waals surface area contributed by atoms with Crippen molar-refractivity contribution in [2.75, 3.05) is 23.3 Å². The van der Waals surface area contributed by atoms with Gasteiger partial charge >= 0.3 is 0 Å². The number of fused-ring (bicyclic) bond motifs is 1. The summed E-state index contributed by atoms with van der Waals surface area (Å²) in [4.78, 5) is 13.6. The maximum atomic E-state index is 11.4. The Bertz CT molecular complexity index is 471. The predicted octanol–water partition coefficient (Wildman–Crippen LogP) is 2.07. The van der Waals surface area contributed by atoms with Crippen LogP contribution in [0.4, 0.5) is 11.4 Å². The Morgan fingerprint density at radius 2 is 2.33 bits per heavy atom. The average molecular weight is 246 g/mol. The molecule has 1 amide bonds. The van der Waals surface area contributed by atoms with Gasteiger partial charge in [-0.3, -0.25) is 4.79 Å². The largest absolute Gasteiger partial charge is 0.378 e. The molecule has 1 aromatic rings. The van der Waals surface area contributed by atoms with E-state index in [1.54, 1.807) is 6.07 Å². The van der Waals surface area contributed by atoms with E-state index < -0.39 is 6.10 Å². The van der Waals surface area contributed by atoms with Crippen LogP contribution in [0.1, 0.15) is 25.0 Å². The quantitative estimate of drug-likeness (QED) is 0.782. The van der Waals surface area contributed by atoms with Crippen LogP contribution in [0.3, 0.4) is 0 Å². The molecule has 4 heteroatoms. The van der Waals surface area contributed by atoms with Crippen molar-refractivity contribution >= 4 is 17.3 Å². The van der Waals surface area contributed by atoms with E-state index in [0.29, 0.717) is 11.3 Å². The summed E-state index contributed by atoms with van der Waals surface area (Å²) < 4.78 is 0. The molecule has 0 saturated carbocycles. The normalized spacial score (nSPS) is 17.2. The van der Waals surface area contributed by atoms with Crippen LogP contribution in [0, 0.1) is 0 Å². The molecule has 0 radical (unpaired) electrons. The van der Waals surface area contributed by atoms with Gasteiger partial charge in [-0.25, -0.2) is 0 Å². The van der Waals surface area contributed by atoms with Gasteiger partial charge in [0.25, 0.3) is 5.91 Å². The maximum absolute atomic E-state index is 11.4. The Kier molecular flexibility index (Phi) is 3.67. The number of hydrogen-bond donors (Lipinski definition) is 2. The molecule has 0 saturated heterocycles. The lowest BCUT2D eigenvalue weighted by molar-refractivity contribution is -0.123. The van der Waals surface area contributed by atoms with Crippen molar-refractivity contribution in [3.8, 4) is 0 Å². The summed E-state index contributed by atoms with van der Waals surface area (Å²) in [6.45, 7) is 7.57. The Hall–Kier alpha value is -1.81. The smallest absolute Gasteiger partial charge is 0.257 e. The van der Waals surface area contributed by atoms with Gasteiger partial charge in [0.05, 0.1) is 0 Å². The second kappa shape index (κ2) is 5.23. The molecule has 4 nitrogen and oxygen atoms in total. The van der Waals surface area contributed by atoms with Gasteiger partial charge in [-0.2, -0.15) is 0 Å². The molecular weight excluding hydrogens is 228 g/mol. The summed E-state index contributed by atoms with van der Waals surface area (Å²) in [6, 6.07) is 5.64. The number of benzene rings is 1. The molecule has 18 heavy (non-hydrogen) atoms. The molecule has 2 rings (SSSR count). The SMILES string of the molecule is C=CCN(CCC)c1ccc2c(c1)NC(=O)C2O. The second-order valence-electron chi connectivity index (χ2n) is 4.40. The summed E-state index contributed by atoms with van der Waals surface area (Å²) in [5.41, 5.74) is 2.39. The van der Waals surface area contributed by atoms with Crippen molar-refractivity contribution in [2.24, 2.45) is 0 Å². The fourth-order valence-corrected chi connectivity index (χ4v) is 2.18. The highest BCUT2D eigenvalue weighted by atomic mass is 16.3. The van der Waals surface area contributed by atoms with E-state index >= 15 is 0 Å². The lowest BCUT2D eigenvalue weighted by Crippen LogP contribution is -2.23. The molecule has 0 bridgehead atoms. The zero-order chi connectivity index (χ0) is 13.1. The van der Waals surface area contributed by atoms with E-state index in [4.69, 9.17) is 0 Å². The van der Waals surface area contributed by atoms with E-state index in [2.05, 4.69) is 23.7 Å². The molecule has 1 unspecified atom stereocenters. The van der Waals surface area contributed by atoms with E-state index in [-0.39, 0.29) is 5.91 Å². The number of aliphatic hydroxyl groups excluding tert-OH is 1. The summed E-state index contributed by atoms with van der Waals surface area (Å²) in [5.74, 6) is -0.354. The van der Waals surface area contributed by atoms with Gasteiger partial charge in [-0.05, 0) is 18.6 Å². The van der Waals surface area contributed by atoms with Crippen LogP contribution in [0.2, 0.25) is 0 Å². The third kappa shape index (κ3) is 2.24. The standard InChI is InChI=1S/C14H18N2O2/c1-3-7-16(8-4-2)10-5-6-11-12(9-10)15-14(18)13(11)17/h3,5-6,9,13,17H,1,4,7-8H2,2H3,(H,15,18). The highest BCUT2D eigenvalue weighted by Gasteiger charge is 2.28. The van der Waals surface area contributed by atoms with Gasteiger partial charge in [-0.15, -0.1) is 6.58 Å². The average Bonchev–Trinajstić information content (AvgIpc) is 2.64. The van der Waals surface area contributed by atoms with E-state index in [0.717, 1.165) is 25.2 Å². The van der Waals surface area contributed by atoms with Crippen molar-refractivity contribution in [3.63, 3.8) is 0 Å². The highest BCUT2D eigenvalue weighted by Crippen LogP contribution is 2.33. The number of rotatable bonds is 5. The van der Waals surface area contributed by atoms with Crippen LogP contribution < -0.4 is 10.2 Å². The third-order valence-electron chi connectivity index (χ3n) is 3.05. The zero-order valence-corrected chi connectivity index (χ0v) is 10.5. The molecule has 2 N–H and O–H groups in total. The lowest BCUT2D eigenvalue weighted by Gasteiger charge is -2.23. The third-order valence-corrected chi connectivity index (χ3v) is 3.05. The summed E-state index contributed by atoms with van der Waals surface area (Å²) in [6.07, 6.45) is 1.86. The number of carbonyl (C=O) groups is 1. The van der Waals surface area contributed by atoms with Crippen LogP contribution in [0.25, 0.3) is 0 Å². The van der Waals surface area contributed by atoms with Crippen molar-refractivity contribution < 1.29 is 9.90 Å². The number of aliphatic hydroxyl groups is 1. The van der Waals surface area contributed by atoms with Crippen molar-refractivity contribution in [3.05, 3.63) is 36.4 Å². The van der Waals surface area contributed by atoms with E-state index in [1.165, 1.54) is 0 Å². The van der Waals surface area contributed by atoms with Gasteiger partial charge in [0.15, 0.2) is 6.10 Å². The Balaban J connectivity index is 2.28. The molecule has 0 aliphatic carbocycles. The van der Waals surface area contributed by atoms with E-state index in [9.17, 15) is 9.90 Å². The highest BCUT2D eigenvalue weighted by molar-refractivity contribution is 6.02. The predicted molar refractivity (Wildman–Crippen MR) is 72.7 cm³/mol. The van der Waals surface area contributed by atoms with Gasteiger partial charge in [-0.1, -0.05) is 19.1 Å². The lowest BCUT2D eigenvalue weighted by atomic mass is 10.1. The fraction of sp³-hybridized carbons (Fsp3) is 0.357. The number of nitrogens with zero attached hydrogens (tertiary/aromatic N) is 1. The second-order valence-corrected chi connectivity index (χ2v) is 4.40. The topological polar surface area (TPSA) is 52.6 Å². The molecule has 0 aromatic heterocycles. The fourth-order valence-electron chi connectivity index (χ4n) is 2.18. The van der Waals surface area contributed by atoms with Crippen LogP contribution >= 0.6 is 0 Å². The van der Waals surface area contributed by atoms with Gasteiger partial charge in [0.1, 0.15) is 0 Å². The molecule has 1 heterocycles. The molecule has 0 spiro atoms. The van der Waals surface area contributed by atoms with Crippen LogP contribution in [-0.4, -0.2) is 24.1 Å². The number of amides is 1. The number of hydrogen-bond acceptors (Lipinski definition) is 3. The van der Waals surface area contributed by atoms with Crippen LogP contribution in [-0.2, 0) is 4.79 Å². The maximum Gasteiger partial charge on any atom is 0.257 e. The Labute approximate surface area is 107 Å². The number of anilines is 2. The minimum atomic E-state index is -1.03. The zero-order valence-electron chi connectivity index (χ0n) is 10.5. The Morgan fingerprint density at radius 1 is 1.56 bits per heavy atom. The monoisotopic (exact) mass is 246 g/mol. The minimum absolute atomic E-state index is 0.354. The summed E-state index contributed by atoms with van der Waals surface area (Å²) in [7, 11) is 0. The first-order chi connectivity index (χ1) is 8.67. The van der Waals surface area contributed by atoms with Crippen molar-refractivity contribution in [1.82, 2.24) is 0 Å². The van der Waals surface area contributed by atoms with Crippen LogP contribution in [0.5, 0.6) is 0 Å². The molecule has 1 aliphatic rings. The summed E-state index contributed by atoms with van der Waals surface area (Å²) >= 11 is 0. The van der Waals surface area contributed by atoms with Gasteiger partial charge < -0.3 is 15.3 Å². The van der Waals surface area contributed by atoms with Crippen LogP contribution in [0.15, 0.2) is 30.9 Å². The number of nitrogens with one attached hydrogen (secondary N) is 1. The number of carbonyl (C=O) groups excluding carboxylic acids is 1. The molecule has 1 atom stereocenters. The molecule has 0 fully saturated rings. The van der Waals surface area contributed by atoms with Gasteiger partial charge in [0, 0.05) is 30.0 Å².